The number of H-pyrrole nitrogens is 1. The van der Waals surface area contributed by atoms with Gasteiger partial charge in [-0.3, -0.25) is 5.10 Å². The molecule has 1 unspecified atom stereocenters. The van der Waals surface area contributed by atoms with Crippen molar-refractivity contribution < 1.29 is 8.42 Å². The number of hydrogen-bond donors (Lipinski definition) is 1. The van der Waals surface area contributed by atoms with Crippen molar-refractivity contribution in [3.8, 4) is 0 Å². The van der Waals surface area contributed by atoms with Gasteiger partial charge >= 0.3 is 0 Å². The molecule has 2 heterocycles. The fourth-order valence-corrected chi connectivity index (χ4v) is 4.27. The van der Waals surface area contributed by atoms with E-state index in [2.05, 4.69) is 10.2 Å². The molecule has 1 fully saturated rings. The zero-order valence-corrected chi connectivity index (χ0v) is 14.0. The average Bonchev–Trinajstić information content (AvgIpc) is 3.00. The summed E-state index contributed by atoms with van der Waals surface area (Å²) >= 11 is 0. The van der Waals surface area contributed by atoms with Gasteiger partial charge in [0.15, 0.2) is 0 Å². The molecule has 6 heteroatoms. The van der Waals surface area contributed by atoms with Crippen molar-refractivity contribution >= 4 is 16.1 Å². The smallest absolute Gasteiger partial charge is 0.236 e. The van der Waals surface area contributed by atoms with Gasteiger partial charge in [-0.1, -0.05) is 30.3 Å². The first-order chi connectivity index (χ1) is 11.1. The van der Waals surface area contributed by atoms with Crippen molar-refractivity contribution in [1.82, 2.24) is 14.5 Å². The average molecular weight is 331 g/mol. The molecule has 1 atom stereocenters. The summed E-state index contributed by atoms with van der Waals surface area (Å²) in [5.41, 5.74) is 3.03. The molecule has 1 aromatic carbocycles. The van der Waals surface area contributed by atoms with Crippen LogP contribution in [0, 0.1) is 6.92 Å². The third-order valence-electron chi connectivity index (χ3n) is 4.25. The van der Waals surface area contributed by atoms with E-state index < -0.39 is 10.0 Å². The van der Waals surface area contributed by atoms with Gasteiger partial charge in [0.05, 0.1) is 6.20 Å². The van der Waals surface area contributed by atoms with E-state index in [0.717, 1.165) is 29.7 Å². The Balaban J connectivity index is 1.75. The van der Waals surface area contributed by atoms with Crippen molar-refractivity contribution in [3.05, 3.63) is 58.8 Å². The number of aromatic amines is 1. The van der Waals surface area contributed by atoms with Gasteiger partial charge < -0.3 is 0 Å². The second-order valence-electron chi connectivity index (χ2n) is 5.92. The van der Waals surface area contributed by atoms with Gasteiger partial charge in [-0.25, -0.2) is 8.42 Å². The van der Waals surface area contributed by atoms with Gasteiger partial charge in [-0.15, -0.1) is 0 Å². The molecule has 0 radical (unpaired) electrons. The molecule has 0 bridgehead atoms. The lowest BCUT2D eigenvalue weighted by Crippen LogP contribution is -2.38. The Labute approximate surface area is 137 Å². The summed E-state index contributed by atoms with van der Waals surface area (Å²) in [5, 5.41) is 8.38. The molecule has 0 aliphatic carbocycles. The number of sulfonamides is 1. The van der Waals surface area contributed by atoms with Gasteiger partial charge in [-0.05, 0) is 37.0 Å². The van der Waals surface area contributed by atoms with Crippen LogP contribution in [0.2, 0.25) is 0 Å². The summed E-state index contributed by atoms with van der Waals surface area (Å²) in [6, 6.07) is 9.47. The Bertz CT molecular complexity index is 781. The number of aromatic nitrogens is 2. The second kappa shape index (κ2) is 6.68. The van der Waals surface area contributed by atoms with Crippen LogP contribution < -0.4 is 0 Å². The predicted octanol–water partition coefficient (Wildman–Crippen LogP) is 2.90. The van der Waals surface area contributed by atoms with Crippen LogP contribution in [0.25, 0.3) is 6.08 Å². The van der Waals surface area contributed by atoms with Crippen molar-refractivity contribution in [2.45, 2.75) is 25.7 Å². The molecule has 1 aromatic heterocycles. The van der Waals surface area contributed by atoms with Crippen LogP contribution in [0.5, 0.6) is 0 Å². The highest BCUT2D eigenvalue weighted by molar-refractivity contribution is 7.92. The number of nitrogens with zero attached hydrogens (tertiary/aromatic N) is 2. The number of hydrogen-bond acceptors (Lipinski definition) is 3. The Hall–Kier alpha value is -1.92. The minimum Gasteiger partial charge on any atom is -0.282 e. The zero-order chi connectivity index (χ0) is 16.3. The fourth-order valence-electron chi connectivity index (χ4n) is 2.99. The summed E-state index contributed by atoms with van der Waals surface area (Å²) in [6.45, 7) is 3.08. The standard InChI is InChI=1S/C17H21N3O2S/c1-14-12-18-19-17(14)16-8-5-10-20(13-16)23(21,22)11-9-15-6-3-2-4-7-15/h2-4,6-7,9,11-12,16H,5,8,10,13H2,1H3,(H,18,19)/b11-9+. The minimum atomic E-state index is -3.40. The third kappa shape index (κ3) is 3.71. The quantitative estimate of drug-likeness (QED) is 0.937. The molecule has 5 nitrogen and oxygen atoms in total. The summed E-state index contributed by atoms with van der Waals surface area (Å²) in [7, 11) is -3.40. The third-order valence-corrected chi connectivity index (χ3v) is 5.78. The van der Waals surface area contributed by atoms with Gasteiger partial charge in [0.25, 0.3) is 0 Å². The molecule has 1 aliphatic rings. The maximum absolute atomic E-state index is 12.6. The Kier molecular flexibility index (Phi) is 4.63. The minimum absolute atomic E-state index is 0.186. The number of nitrogens with one attached hydrogen (secondary N) is 1. The van der Waals surface area contributed by atoms with Crippen molar-refractivity contribution in [2.24, 2.45) is 0 Å². The topological polar surface area (TPSA) is 66.1 Å². The van der Waals surface area contributed by atoms with Crippen LogP contribution in [0.15, 0.2) is 41.9 Å². The monoisotopic (exact) mass is 331 g/mol. The largest absolute Gasteiger partial charge is 0.282 e. The van der Waals surface area contributed by atoms with Crippen LogP contribution >= 0.6 is 0 Å². The van der Waals surface area contributed by atoms with Crippen molar-refractivity contribution in [2.75, 3.05) is 13.1 Å². The highest BCUT2D eigenvalue weighted by Gasteiger charge is 2.29. The van der Waals surface area contributed by atoms with Crippen LogP contribution in [0.3, 0.4) is 0 Å². The van der Waals surface area contributed by atoms with Crippen LogP contribution in [-0.4, -0.2) is 36.0 Å². The van der Waals surface area contributed by atoms with E-state index >= 15 is 0 Å². The number of piperidine rings is 1. The Morgan fingerprint density at radius 2 is 2.09 bits per heavy atom. The first kappa shape index (κ1) is 16.0. The van der Waals surface area contributed by atoms with E-state index in [9.17, 15) is 8.42 Å². The molecule has 23 heavy (non-hydrogen) atoms. The molecular weight excluding hydrogens is 310 g/mol. The first-order valence-corrected chi connectivity index (χ1v) is 9.30. The summed E-state index contributed by atoms with van der Waals surface area (Å²) in [6.07, 6.45) is 5.29. The zero-order valence-electron chi connectivity index (χ0n) is 13.1. The first-order valence-electron chi connectivity index (χ1n) is 7.79. The lowest BCUT2D eigenvalue weighted by Gasteiger charge is -2.30. The molecular formula is C17H21N3O2S. The van der Waals surface area contributed by atoms with E-state index in [1.165, 1.54) is 5.41 Å². The maximum atomic E-state index is 12.6. The summed E-state index contributed by atoms with van der Waals surface area (Å²) in [4.78, 5) is 0. The van der Waals surface area contributed by atoms with E-state index in [1.54, 1.807) is 16.6 Å². The summed E-state index contributed by atoms with van der Waals surface area (Å²) in [5.74, 6) is 0.186. The SMILES string of the molecule is Cc1cn[nH]c1C1CCCN(S(=O)(=O)/C=C/c2ccccc2)C1. The lowest BCUT2D eigenvalue weighted by atomic mass is 9.94. The van der Waals surface area contributed by atoms with Crippen molar-refractivity contribution in [3.63, 3.8) is 0 Å². The van der Waals surface area contributed by atoms with Crippen LogP contribution in [0.4, 0.5) is 0 Å². The van der Waals surface area contributed by atoms with Crippen LogP contribution in [0.1, 0.15) is 35.6 Å². The number of rotatable bonds is 4. The van der Waals surface area contributed by atoms with E-state index in [-0.39, 0.29) is 5.92 Å². The molecule has 122 valence electrons. The van der Waals surface area contributed by atoms with Crippen molar-refractivity contribution in [1.29, 1.82) is 0 Å². The molecule has 0 spiro atoms. The van der Waals surface area contributed by atoms with Gasteiger partial charge in [-0.2, -0.15) is 9.40 Å². The molecule has 2 aromatic rings. The predicted molar refractivity (Wildman–Crippen MR) is 91.3 cm³/mol. The molecule has 0 amide bonds. The summed E-state index contributed by atoms with van der Waals surface area (Å²) < 4.78 is 26.7. The fraction of sp³-hybridized carbons (Fsp3) is 0.353. The highest BCUT2D eigenvalue weighted by Crippen LogP contribution is 2.29. The van der Waals surface area contributed by atoms with Crippen LogP contribution in [-0.2, 0) is 10.0 Å². The normalized spacial score (nSPS) is 20.1. The Morgan fingerprint density at radius 1 is 1.30 bits per heavy atom. The van der Waals surface area contributed by atoms with Gasteiger partial charge in [0.2, 0.25) is 10.0 Å². The number of benzene rings is 1. The van der Waals surface area contributed by atoms with Gasteiger partial charge in [0, 0.05) is 30.1 Å². The molecule has 0 saturated carbocycles. The molecule has 1 N–H and O–H groups in total. The molecule has 1 aliphatic heterocycles. The van der Waals surface area contributed by atoms with Gasteiger partial charge in [0.1, 0.15) is 0 Å². The van der Waals surface area contributed by atoms with E-state index in [0.29, 0.717) is 13.1 Å². The molecule has 3 rings (SSSR count). The molecule has 1 saturated heterocycles. The van der Waals surface area contributed by atoms with E-state index in [1.807, 2.05) is 37.3 Å². The Morgan fingerprint density at radius 3 is 2.78 bits per heavy atom. The number of aryl methyl sites for hydroxylation is 1. The van der Waals surface area contributed by atoms with E-state index in [4.69, 9.17) is 0 Å². The maximum Gasteiger partial charge on any atom is 0.236 e. The lowest BCUT2D eigenvalue weighted by molar-refractivity contribution is 0.315. The second-order valence-corrected chi connectivity index (χ2v) is 7.74. The highest BCUT2D eigenvalue weighted by atomic mass is 32.2.